The van der Waals surface area contributed by atoms with Gasteiger partial charge in [-0.3, -0.25) is 0 Å². The Kier molecular flexibility index (Phi) is 4.72. The number of hydrogen-bond donors (Lipinski definition) is 0. The molecule has 0 amide bonds. The molecule has 0 unspecified atom stereocenters. The van der Waals surface area contributed by atoms with E-state index in [0.29, 0.717) is 6.61 Å². The van der Waals surface area contributed by atoms with Gasteiger partial charge in [0.05, 0.1) is 6.61 Å². The summed E-state index contributed by atoms with van der Waals surface area (Å²) in [6.07, 6.45) is 4.23. The summed E-state index contributed by atoms with van der Waals surface area (Å²) in [6, 6.07) is 10.3. The summed E-state index contributed by atoms with van der Waals surface area (Å²) in [5.41, 5.74) is 1.23. The molecule has 1 aromatic rings. The molecule has 1 aromatic carbocycles. The number of rotatable bonds is 4. The Bertz CT molecular complexity index is 360. The van der Waals surface area contributed by atoms with Crippen molar-refractivity contribution in [1.82, 2.24) is 0 Å². The fraction of sp³-hybridized carbons (Fsp3) is 0.467. The molecule has 0 fully saturated rings. The quantitative estimate of drug-likeness (QED) is 0.700. The molecule has 0 bridgehead atoms. The van der Waals surface area contributed by atoms with Crippen LogP contribution < -0.4 is 0 Å². The molecule has 17 heavy (non-hydrogen) atoms. The molecule has 0 spiro atoms. The second kappa shape index (κ2) is 5.65. The summed E-state index contributed by atoms with van der Waals surface area (Å²) < 4.78 is 6.07. The van der Waals surface area contributed by atoms with E-state index in [0.717, 1.165) is 0 Å². The zero-order valence-electron chi connectivity index (χ0n) is 11.7. The Balaban J connectivity index is 2.46. The van der Waals surface area contributed by atoms with Gasteiger partial charge >= 0.3 is 0 Å². The highest BCUT2D eigenvalue weighted by molar-refractivity contribution is 6.74. The van der Waals surface area contributed by atoms with E-state index in [-0.39, 0.29) is 5.04 Å². The van der Waals surface area contributed by atoms with Crippen LogP contribution in [-0.2, 0) is 4.43 Å². The van der Waals surface area contributed by atoms with Crippen LogP contribution in [-0.4, -0.2) is 14.9 Å². The minimum atomic E-state index is -1.59. The van der Waals surface area contributed by atoms with E-state index in [1.807, 2.05) is 18.2 Å². The van der Waals surface area contributed by atoms with Crippen molar-refractivity contribution in [1.29, 1.82) is 0 Å². The number of benzene rings is 1. The molecule has 1 rings (SSSR count). The summed E-state index contributed by atoms with van der Waals surface area (Å²) in [6.45, 7) is 12.1. The van der Waals surface area contributed by atoms with Gasteiger partial charge in [0.15, 0.2) is 8.32 Å². The summed E-state index contributed by atoms with van der Waals surface area (Å²) in [5, 5.41) is 0.285. The largest absolute Gasteiger partial charge is 0.413 e. The molecule has 0 atom stereocenters. The summed E-state index contributed by atoms with van der Waals surface area (Å²) in [7, 11) is -1.59. The predicted molar refractivity (Wildman–Crippen MR) is 78.6 cm³/mol. The summed E-state index contributed by atoms with van der Waals surface area (Å²) >= 11 is 0. The van der Waals surface area contributed by atoms with Crippen LogP contribution in [0.25, 0.3) is 6.08 Å². The third-order valence-corrected chi connectivity index (χ3v) is 7.96. The van der Waals surface area contributed by atoms with Crippen LogP contribution in [0.2, 0.25) is 18.1 Å². The van der Waals surface area contributed by atoms with Crippen LogP contribution in [0, 0.1) is 0 Å². The highest BCUT2D eigenvalue weighted by Crippen LogP contribution is 2.36. The number of hydrogen-bond acceptors (Lipinski definition) is 1. The van der Waals surface area contributed by atoms with E-state index in [9.17, 15) is 0 Å². The average Bonchev–Trinajstić information content (AvgIpc) is 2.24. The molecule has 0 aliphatic carbocycles. The van der Waals surface area contributed by atoms with Gasteiger partial charge in [-0.2, -0.15) is 0 Å². The SMILES string of the molecule is CC(C)(C)[Si](C)(C)OCC=Cc1ccccc1. The smallest absolute Gasteiger partial charge is 0.192 e. The predicted octanol–water partition coefficient (Wildman–Crippen LogP) is 4.72. The third-order valence-electron chi connectivity index (χ3n) is 3.46. The maximum Gasteiger partial charge on any atom is 0.192 e. The molecule has 0 saturated heterocycles. The van der Waals surface area contributed by atoms with Gasteiger partial charge in [0, 0.05) is 0 Å². The molecule has 0 aliphatic rings. The van der Waals surface area contributed by atoms with Gasteiger partial charge in [-0.25, -0.2) is 0 Å². The zero-order valence-corrected chi connectivity index (χ0v) is 12.7. The van der Waals surface area contributed by atoms with Gasteiger partial charge in [0.1, 0.15) is 0 Å². The van der Waals surface area contributed by atoms with E-state index in [1.54, 1.807) is 0 Å². The van der Waals surface area contributed by atoms with Crippen molar-refractivity contribution in [2.24, 2.45) is 0 Å². The van der Waals surface area contributed by atoms with Gasteiger partial charge in [-0.05, 0) is 23.7 Å². The van der Waals surface area contributed by atoms with Crippen LogP contribution in [0.4, 0.5) is 0 Å². The minimum Gasteiger partial charge on any atom is -0.413 e. The first kappa shape index (κ1) is 14.2. The topological polar surface area (TPSA) is 9.23 Å². The highest BCUT2D eigenvalue weighted by Gasteiger charge is 2.36. The lowest BCUT2D eigenvalue weighted by molar-refractivity contribution is 0.328. The van der Waals surface area contributed by atoms with Crippen LogP contribution in [0.1, 0.15) is 26.3 Å². The monoisotopic (exact) mass is 248 g/mol. The van der Waals surface area contributed by atoms with Gasteiger partial charge < -0.3 is 4.43 Å². The summed E-state index contributed by atoms with van der Waals surface area (Å²) in [5.74, 6) is 0. The molecule has 0 N–H and O–H groups in total. The maximum absolute atomic E-state index is 6.07. The van der Waals surface area contributed by atoms with Gasteiger partial charge in [0.25, 0.3) is 0 Å². The van der Waals surface area contributed by atoms with Crippen molar-refractivity contribution in [3.63, 3.8) is 0 Å². The maximum atomic E-state index is 6.07. The zero-order chi connectivity index (χ0) is 12.9. The fourth-order valence-electron chi connectivity index (χ4n) is 1.22. The Labute approximate surface area is 107 Å². The third kappa shape index (κ3) is 4.48. The molecular formula is C15H24OSi. The second-order valence-electron chi connectivity index (χ2n) is 5.88. The average molecular weight is 248 g/mol. The Morgan fingerprint density at radius 1 is 1.12 bits per heavy atom. The van der Waals surface area contributed by atoms with E-state index in [1.165, 1.54) is 5.56 Å². The molecule has 0 heterocycles. The first-order valence-corrected chi connectivity index (χ1v) is 9.09. The normalized spacial score (nSPS) is 13.2. The van der Waals surface area contributed by atoms with Crippen LogP contribution in [0.3, 0.4) is 0 Å². The van der Waals surface area contributed by atoms with Crippen molar-refractivity contribution >= 4 is 14.4 Å². The molecule has 0 aliphatic heterocycles. The van der Waals surface area contributed by atoms with Crippen molar-refractivity contribution in [3.05, 3.63) is 42.0 Å². The van der Waals surface area contributed by atoms with E-state index in [4.69, 9.17) is 4.43 Å². The Hall–Kier alpha value is -0.863. The molecular weight excluding hydrogens is 224 g/mol. The molecule has 0 aromatic heterocycles. The van der Waals surface area contributed by atoms with Crippen molar-refractivity contribution in [2.45, 2.75) is 38.9 Å². The van der Waals surface area contributed by atoms with Gasteiger partial charge in [0.2, 0.25) is 0 Å². The molecule has 0 radical (unpaired) electrons. The van der Waals surface area contributed by atoms with Crippen molar-refractivity contribution in [2.75, 3.05) is 6.61 Å². The lowest BCUT2D eigenvalue weighted by Crippen LogP contribution is -2.40. The summed E-state index contributed by atoms with van der Waals surface area (Å²) in [4.78, 5) is 0. The fourth-order valence-corrected chi connectivity index (χ4v) is 2.17. The van der Waals surface area contributed by atoms with Crippen molar-refractivity contribution in [3.8, 4) is 0 Å². The standard InChI is InChI=1S/C15H24OSi/c1-15(2,3)17(4,5)16-13-9-12-14-10-7-6-8-11-14/h6-12H,13H2,1-5H3. The van der Waals surface area contributed by atoms with E-state index < -0.39 is 8.32 Å². The van der Waals surface area contributed by atoms with Gasteiger partial charge in [-0.15, -0.1) is 0 Å². The van der Waals surface area contributed by atoms with Crippen molar-refractivity contribution < 1.29 is 4.43 Å². The highest BCUT2D eigenvalue weighted by atomic mass is 28.4. The Morgan fingerprint density at radius 3 is 2.24 bits per heavy atom. The first-order valence-electron chi connectivity index (χ1n) is 6.18. The van der Waals surface area contributed by atoms with Crippen LogP contribution in [0.5, 0.6) is 0 Å². The first-order chi connectivity index (χ1) is 7.83. The van der Waals surface area contributed by atoms with Crippen LogP contribution >= 0.6 is 0 Å². The lowest BCUT2D eigenvalue weighted by Gasteiger charge is -2.35. The molecule has 0 saturated carbocycles. The lowest BCUT2D eigenvalue weighted by atomic mass is 10.2. The van der Waals surface area contributed by atoms with E-state index in [2.05, 4.69) is 58.2 Å². The van der Waals surface area contributed by atoms with Gasteiger partial charge in [-0.1, -0.05) is 63.3 Å². The molecule has 1 nitrogen and oxygen atoms in total. The van der Waals surface area contributed by atoms with Crippen LogP contribution in [0.15, 0.2) is 36.4 Å². The Morgan fingerprint density at radius 2 is 1.71 bits per heavy atom. The van der Waals surface area contributed by atoms with E-state index >= 15 is 0 Å². The molecule has 2 heteroatoms. The second-order valence-corrected chi connectivity index (χ2v) is 10.7. The minimum absolute atomic E-state index is 0.285. The molecule has 94 valence electrons.